The van der Waals surface area contributed by atoms with Crippen LogP contribution >= 0.6 is 0 Å². The lowest BCUT2D eigenvalue weighted by atomic mass is 10.1. The van der Waals surface area contributed by atoms with Crippen LogP contribution in [0.2, 0.25) is 0 Å². The second-order valence-corrected chi connectivity index (χ2v) is 18.8. The molecule has 0 saturated heterocycles. The zero-order valence-corrected chi connectivity index (χ0v) is 43.7. The minimum Gasteiger partial charge on any atom is -0.462 e. The zero-order valence-electron chi connectivity index (χ0n) is 43.7. The van der Waals surface area contributed by atoms with E-state index in [0.29, 0.717) is 19.3 Å². The molecule has 0 aromatic carbocycles. The summed E-state index contributed by atoms with van der Waals surface area (Å²) in [6, 6.07) is 0. The smallest absolute Gasteiger partial charge is 0.306 e. The third kappa shape index (κ3) is 52.1. The van der Waals surface area contributed by atoms with E-state index in [2.05, 4.69) is 81.5 Å². The maximum Gasteiger partial charge on any atom is 0.306 e. The highest BCUT2D eigenvalue weighted by molar-refractivity contribution is 5.71. The third-order valence-corrected chi connectivity index (χ3v) is 12.2. The van der Waals surface area contributed by atoms with E-state index in [1.165, 1.54) is 148 Å². The normalized spacial score (nSPS) is 12.5. The quantitative estimate of drug-likeness (QED) is 0.0262. The molecule has 0 spiro atoms. The average Bonchev–Trinajstić information content (AvgIpc) is 3.31. The van der Waals surface area contributed by atoms with Crippen LogP contribution in [0.25, 0.3) is 0 Å². The highest BCUT2D eigenvalue weighted by atomic mass is 16.6. The summed E-state index contributed by atoms with van der Waals surface area (Å²) in [6.45, 7) is 6.50. The highest BCUT2D eigenvalue weighted by Gasteiger charge is 2.19. The molecular weight excluding hydrogens is 817 g/mol. The molecule has 0 radical (unpaired) electrons. The molecule has 0 aromatic heterocycles. The van der Waals surface area contributed by atoms with Crippen molar-refractivity contribution in [2.75, 3.05) is 13.2 Å². The molecule has 66 heavy (non-hydrogen) atoms. The number of hydrogen-bond donors (Lipinski definition) is 0. The Labute approximate surface area is 409 Å². The van der Waals surface area contributed by atoms with Gasteiger partial charge in [-0.15, -0.1) is 0 Å². The number of carbonyl (C=O) groups excluding carboxylic acids is 3. The summed E-state index contributed by atoms with van der Waals surface area (Å²) < 4.78 is 16.8. The molecule has 0 N–H and O–H groups in total. The van der Waals surface area contributed by atoms with Gasteiger partial charge in [0.2, 0.25) is 0 Å². The molecule has 6 nitrogen and oxygen atoms in total. The molecule has 0 aliphatic rings. The number of ether oxygens (including phenoxy) is 3. The molecule has 6 heteroatoms. The molecular formula is C60H106O6. The average molecular weight is 924 g/mol. The van der Waals surface area contributed by atoms with Gasteiger partial charge in [0.15, 0.2) is 6.10 Å². The van der Waals surface area contributed by atoms with Crippen LogP contribution in [0, 0.1) is 0 Å². The molecule has 0 amide bonds. The van der Waals surface area contributed by atoms with E-state index in [0.717, 1.165) is 96.3 Å². The first kappa shape index (κ1) is 63.1. The Hall–Kier alpha value is -2.89. The van der Waals surface area contributed by atoms with Crippen LogP contribution in [0.5, 0.6) is 0 Å². The molecule has 0 saturated carbocycles. The van der Waals surface area contributed by atoms with Crippen LogP contribution in [0.1, 0.15) is 284 Å². The summed E-state index contributed by atoms with van der Waals surface area (Å²) in [5.74, 6) is -0.920. The molecule has 0 aromatic rings. The van der Waals surface area contributed by atoms with Crippen molar-refractivity contribution >= 4 is 17.9 Å². The molecule has 0 aliphatic heterocycles. The fraction of sp³-hybridized carbons (Fsp3) is 0.783. The van der Waals surface area contributed by atoms with Crippen LogP contribution in [0.4, 0.5) is 0 Å². The SMILES string of the molecule is CC/C=C\C/C=C\C/C=C\CCCCCC(=O)OCC(COC(=O)CCCCCCCCCCC/C=C\CCCCCCCCCC)OC(=O)CCCCCCC/C=C\CCCCCCC. The van der Waals surface area contributed by atoms with E-state index in [-0.39, 0.29) is 31.1 Å². The topological polar surface area (TPSA) is 78.9 Å². The van der Waals surface area contributed by atoms with E-state index < -0.39 is 6.10 Å². The lowest BCUT2D eigenvalue weighted by Crippen LogP contribution is -2.30. The number of carbonyl (C=O) groups is 3. The van der Waals surface area contributed by atoms with Crippen LogP contribution < -0.4 is 0 Å². The Morgan fingerprint density at radius 3 is 0.955 bits per heavy atom. The Balaban J connectivity index is 4.34. The van der Waals surface area contributed by atoms with Gasteiger partial charge in [-0.3, -0.25) is 14.4 Å². The molecule has 382 valence electrons. The first-order valence-electron chi connectivity index (χ1n) is 28.3. The summed E-state index contributed by atoms with van der Waals surface area (Å²) in [6.07, 6.45) is 67.9. The van der Waals surface area contributed by atoms with Crippen molar-refractivity contribution in [3.05, 3.63) is 60.8 Å². The molecule has 0 aliphatic carbocycles. The van der Waals surface area contributed by atoms with Gasteiger partial charge in [-0.25, -0.2) is 0 Å². The fourth-order valence-electron chi connectivity index (χ4n) is 7.98. The Kier molecular flexibility index (Phi) is 52.3. The van der Waals surface area contributed by atoms with E-state index >= 15 is 0 Å². The van der Waals surface area contributed by atoms with E-state index in [1.807, 2.05) is 0 Å². The predicted octanol–water partition coefficient (Wildman–Crippen LogP) is 18.8. The van der Waals surface area contributed by atoms with E-state index in [4.69, 9.17) is 14.2 Å². The Bertz CT molecular complexity index is 1200. The number of unbranched alkanes of at least 4 members (excludes halogenated alkanes) is 30. The van der Waals surface area contributed by atoms with Crippen molar-refractivity contribution in [1.29, 1.82) is 0 Å². The van der Waals surface area contributed by atoms with Crippen molar-refractivity contribution in [2.24, 2.45) is 0 Å². The van der Waals surface area contributed by atoms with Crippen LogP contribution in [0.15, 0.2) is 60.8 Å². The van der Waals surface area contributed by atoms with Gasteiger partial charge in [0.05, 0.1) is 0 Å². The van der Waals surface area contributed by atoms with Crippen LogP contribution in [-0.4, -0.2) is 37.2 Å². The van der Waals surface area contributed by atoms with Gasteiger partial charge in [-0.2, -0.15) is 0 Å². The van der Waals surface area contributed by atoms with Gasteiger partial charge in [-0.1, -0.05) is 223 Å². The summed E-state index contributed by atoms with van der Waals surface area (Å²) in [7, 11) is 0. The number of allylic oxidation sites excluding steroid dienone is 10. The first-order chi connectivity index (χ1) is 32.5. The van der Waals surface area contributed by atoms with Crippen molar-refractivity contribution in [1.82, 2.24) is 0 Å². The number of hydrogen-bond acceptors (Lipinski definition) is 6. The minimum atomic E-state index is -0.790. The summed E-state index contributed by atoms with van der Waals surface area (Å²) in [5, 5.41) is 0. The molecule has 0 fully saturated rings. The Morgan fingerprint density at radius 2 is 0.591 bits per heavy atom. The van der Waals surface area contributed by atoms with Crippen LogP contribution in [0.3, 0.4) is 0 Å². The van der Waals surface area contributed by atoms with Gasteiger partial charge in [0.25, 0.3) is 0 Å². The van der Waals surface area contributed by atoms with Crippen molar-refractivity contribution in [3.8, 4) is 0 Å². The molecule has 1 atom stereocenters. The molecule has 0 bridgehead atoms. The number of esters is 3. The van der Waals surface area contributed by atoms with Gasteiger partial charge in [0, 0.05) is 19.3 Å². The number of rotatable bonds is 51. The standard InChI is InChI=1S/C60H106O6/c1-4-7-10-13-16-19-22-25-27-28-29-30-31-32-33-36-38-41-44-47-50-53-59(62)65-56-57(55-64-58(61)52-49-46-43-40-37-34-24-21-18-15-12-9-6-3)66-60(63)54-51-48-45-42-39-35-26-23-20-17-14-11-8-5-2/h9,12,18,21,23,26,28-29,34,37,57H,4-8,10-11,13-17,19-20,22,24-25,27,30-33,35-36,38-56H2,1-3H3/b12-9-,21-18-,26-23-,29-28-,37-34-. The van der Waals surface area contributed by atoms with Gasteiger partial charge in [-0.05, 0) is 103 Å². The zero-order chi connectivity index (χ0) is 47.9. The predicted molar refractivity (Wildman–Crippen MR) is 284 cm³/mol. The molecule has 1 unspecified atom stereocenters. The van der Waals surface area contributed by atoms with Crippen molar-refractivity contribution in [2.45, 2.75) is 290 Å². The summed E-state index contributed by atoms with van der Waals surface area (Å²) in [5.41, 5.74) is 0. The monoisotopic (exact) mass is 923 g/mol. The van der Waals surface area contributed by atoms with Crippen LogP contribution in [-0.2, 0) is 28.6 Å². The van der Waals surface area contributed by atoms with E-state index in [9.17, 15) is 14.4 Å². The van der Waals surface area contributed by atoms with Gasteiger partial charge < -0.3 is 14.2 Å². The largest absolute Gasteiger partial charge is 0.462 e. The first-order valence-corrected chi connectivity index (χ1v) is 28.3. The molecule has 0 rings (SSSR count). The third-order valence-electron chi connectivity index (χ3n) is 12.2. The maximum atomic E-state index is 12.8. The van der Waals surface area contributed by atoms with Gasteiger partial charge in [0.1, 0.15) is 13.2 Å². The minimum absolute atomic E-state index is 0.0872. The lowest BCUT2D eigenvalue weighted by molar-refractivity contribution is -0.167. The van der Waals surface area contributed by atoms with Crippen molar-refractivity contribution in [3.63, 3.8) is 0 Å². The molecule has 0 heterocycles. The summed E-state index contributed by atoms with van der Waals surface area (Å²) in [4.78, 5) is 38.1. The lowest BCUT2D eigenvalue weighted by Gasteiger charge is -2.18. The fourth-order valence-corrected chi connectivity index (χ4v) is 7.98. The Morgan fingerprint density at radius 1 is 0.318 bits per heavy atom. The maximum absolute atomic E-state index is 12.8. The van der Waals surface area contributed by atoms with Crippen molar-refractivity contribution < 1.29 is 28.6 Å². The second-order valence-electron chi connectivity index (χ2n) is 18.8. The van der Waals surface area contributed by atoms with E-state index in [1.54, 1.807) is 0 Å². The second kappa shape index (κ2) is 54.7. The highest BCUT2D eigenvalue weighted by Crippen LogP contribution is 2.15. The van der Waals surface area contributed by atoms with Gasteiger partial charge >= 0.3 is 17.9 Å². The summed E-state index contributed by atoms with van der Waals surface area (Å²) >= 11 is 0.